The van der Waals surface area contributed by atoms with Crippen molar-refractivity contribution < 1.29 is 13.9 Å². The molecule has 0 spiro atoms. The van der Waals surface area contributed by atoms with E-state index >= 15 is 4.39 Å². The van der Waals surface area contributed by atoms with E-state index in [4.69, 9.17) is 4.74 Å². The summed E-state index contributed by atoms with van der Waals surface area (Å²) in [5.74, 6) is 1.14. The number of halogens is 1. The van der Waals surface area contributed by atoms with Gasteiger partial charge in [-0.2, -0.15) is 0 Å². The first-order chi connectivity index (χ1) is 18.0. The van der Waals surface area contributed by atoms with Gasteiger partial charge in [0.1, 0.15) is 17.6 Å². The van der Waals surface area contributed by atoms with Crippen LogP contribution in [-0.2, 0) is 17.9 Å². The lowest BCUT2D eigenvalue weighted by molar-refractivity contribution is -0.145. The lowest BCUT2D eigenvalue weighted by atomic mass is 9.78. The van der Waals surface area contributed by atoms with Crippen molar-refractivity contribution in [1.29, 1.82) is 0 Å². The van der Waals surface area contributed by atoms with Crippen LogP contribution >= 0.6 is 0 Å². The number of hydrogen-bond donors (Lipinski definition) is 0. The minimum Gasteiger partial charge on any atom is -0.497 e. The molecule has 1 saturated heterocycles. The number of methoxy groups -OCH3 is 1. The zero-order valence-corrected chi connectivity index (χ0v) is 22.4. The standard InChI is InChI=1S/C31H42FN3O2/c1-33(20-23-9-4-3-5-10-23)22-30(31(36)34-18-8-12-24-11-6-7-13-29(24)34)35(26-15-16-26)21-25-14-17-27(37-2)19-28(25)32/h3-5,9-10,14,17,19,24,26,29-30H,6-8,11-13,15-16,18,20-22H2,1-2H3/t24-,29+,30-/m1/s1. The molecular formula is C31H42FN3O2. The topological polar surface area (TPSA) is 36.0 Å². The van der Waals surface area contributed by atoms with Gasteiger partial charge in [-0.1, -0.05) is 49.2 Å². The van der Waals surface area contributed by atoms with E-state index in [1.54, 1.807) is 7.11 Å². The summed E-state index contributed by atoms with van der Waals surface area (Å²) in [4.78, 5) is 21.2. The summed E-state index contributed by atoms with van der Waals surface area (Å²) in [5.41, 5.74) is 1.87. The Hall–Kier alpha value is -2.44. The molecule has 200 valence electrons. The third-order valence-electron chi connectivity index (χ3n) is 8.62. The molecule has 0 bridgehead atoms. The number of carbonyl (C=O) groups is 1. The van der Waals surface area contributed by atoms with Crippen LogP contribution in [0.15, 0.2) is 48.5 Å². The predicted octanol–water partition coefficient (Wildman–Crippen LogP) is 5.48. The maximum atomic E-state index is 15.1. The van der Waals surface area contributed by atoms with Crippen LogP contribution in [-0.4, -0.2) is 66.0 Å². The van der Waals surface area contributed by atoms with Gasteiger partial charge in [0.25, 0.3) is 0 Å². The number of piperidine rings is 1. The number of fused-ring (bicyclic) bond motifs is 1. The first-order valence-corrected chi connectivity index (χ1v) is 14.1. The Labute approximate surface area is 221 Å². The van der Waals surface area contributed by atoms with E-state index in [2.05, 4.69) is 46.0 Å². The number of amides is 1. The van der Waals surface area contributed by atoms with E-state index in [0.717, 1.165) is 38.8 Å². The third kappa shape index (κ3) is 6.35. The van der Waals surface area contributed by atoms with E-state index < -0.39 is 0 Å². The first kappa shape index (κ1) is 26.2. The van der Waals surface area contributed by atoms with E-state index in [1.807, 2.05) is 18.2 Å². The van der Waals surface area contributed by atoms with Crippen LogP contribution in [0.4, 0.5) is 4.39 Å². The Kier molecular flexibility index (Phi) is 8.46. The van der Waals surface area contributed by atoms with Crippen LogP contribution in [0.3, 0.4) is 0 Å². The third-order valence-corrected chi connectivity index (χ3v) is 8.62. The van der Waals surface area contributed by atoms with Gasteiger partial charge in [0, 0.05) is 49.9 Å². The number of benzene rings is 2. The number of hydrogen-bond acceptors (Lipinski definition) is 4. The van der Waals surface area contributed by atoms with Crippen molar-refractivity contribution in [3.8, 4) is 5.75 Å². The Morgan fingerprint density at radius 3 is 2.51 bits per heavy atom. The number of nitrogens with zero attached hydrogens (tertiary/aromatic N) is 3. The molecule has 0 N–H and O–H groups in total. The summed E-state index contributed by atoms with van der Waals surface area (Å²) in [6.07, 6.45) is 9.35. The fourth-order valence-corrected chi connectivity index (χ4v) is 6.55. The largest absolute Gasteiger partial charge is 0.497 e. The Morgan fingerprint density at radius 2 is 1.78 bits per heavy atom. The highest BCUT2D eigenvalue weighted by atomic mass is 19.1. The average molecular weight is 508 g/mol. The second-order valence-corrected chi connectivity index (χ2v) is 11.3. The molecule has 3 aliphatic rings. The quantitative estimate of drug-likeness (QED) is 0.427. The van der Waals surface area contributed by atoms with Crippen molar-refractivity contribution >= 4 is 5.91 Å². The van der Waals surface area contributed by atoms with Crippen LogP contribution in [0.25, 0.3) is 0 Å². The fraction of sp³-hybridized carbons (Fsp3) is 0.581. The molecule has 0 radical (unpaired) electrons. The summed E-state index contributed by atoms with van der Waals surface area (Å²) in [6, 6.07) is 15.9. The van der Waals surface area contributed by atoms with E-state index in [-0.39, 0.29) is 17.8 Å². The SMILES string of the molecule is COc1ccc(CN(C2CC2)[C@H](CN(C)Cc2ccccc2)C(=O)N2CCC[C@H]3CCCC[C@@H]32)c(F)c1. The van der Waals surface area contributed by atoms with Gasteiger partial charge >= 0.3 is 0 Å². The van der Waals surface area contributed by atoms with Gasteiger partial charge in [-0.15, -0.1) is 0 Å². The second-order valence-electron chi connectivity index (χ2n) is 11.3. The molecule has 5 rings (SSSR count). The molecule has 2 aliphatic carbocycles. The van der Waals surface area contributed by atoms with Gasteiger partial charge < -0.3 is 14.5 Å². The average Bonchev–Trinajstić information content (AvgIpc) is 3.76. The highest BCUT2D eigenvalue weighted by Gasteiger charge is 2.43. The highest BCUT2D eigenvalue weighted by Crippen LogP contribution is 2.37. The minimum atomic E-state index is -0.289. The van der Waals surface area contributed by atoms with Gasteiger partial charge in [-0.25, -0.2) is 4.39 Å². The van der Waals surface area contributed by atoms with Gasteiger partial charge in [-0.05, 0) is 63.1 Å². The Morgan fingerprint density at radius 1 is 1.03 bits per heavy atom. The maximum absolute atomic E-state index is 15.1. The van der Waals surface area contributed by atoms with Crippen LogP contribution < -0.4 is 4.74 Å². The zero-order chi connectivity index (χ0) is 25.8. The molecule has 2 aromatic rings. The molecule has 2 aromatic carbocycles. The van der Waals surface area contributed by atoms with Crippen LogP contribution in [0.1, 0.15) is 62.5 Å². The molecule has 0 aromatic heterocycles. The number of carbonyl (C=O) groups excluding carboxylic acids is 1. The Balaban J connectivity index is 1.41. The number of ether oxygens (including phenoxy) is 1. The highest BCUT2D eigenvalue weighted by molar-refractivity contribution is 5.83. The predicted molar refractivity (Wildman–Crippen MR) is 145 cm³/mol. The summed E-state index contributed by atoms with van der Waals surface area (Å²) in [5, 5.41) is 0. The molecule has 5 nitrogen and oxygen atoms in total. The molecule has 0 unspecified atom stereocenters. The lowest BCUT2D eigenvalue weighted by Gasteiger charge is -2.47. The molecule has 1 aliphatic heterocycles. The molecular weight excluding hydrogens is 465 g/mol. The molecule has 3 atom stereocenters. The Bertz CT molecular complexity index is 1040. The van der Waals surface area contributed by atoms with Crippen molar-refractivity contribution in [2.75, 3.05) is 27.2 Å². The summed E-state index contributed by atoms with van der Waals surface area (Å²) in [7, 11) is 3.66. The second kappa shape index (κ2) is 12.0. The lowest BCUT2D eigenvalue weighted by Crippen LogP contribution is -2.59. The van der Waals surface area contributed by atoms with E-state index in [1.165, 1.54) is 37.3 Å². The number of likely N-dealkylation sites (N-methyl/N-ethyl adjacent to an activating group) is 1. The monoisotopic (exact) mass is 507 g/mol. The molecule has 2 saturated carbocycles. The van der Waals surface area contributed by atoms with Crippen LogP contribution in [0.2, 0.25) is 0 Å². The minimum absolute atomic E-state index is 0.248. The number of likely N-dealkylation sites (tertiary alicyclic amines) is 1. The molecule has 37 heavy (non-hydrogen) atoms. The van der Waals surface area contributed by atoms with Gasteiger partial charge in [0.15, 0.2) is 0 Å². The summed E-state index contributed by atoms with van der Waals surface area (Å²) < 4.78 is 20.3. The summed E-state index contributed by atoms with van der Waals surface area (Å²) in [6.45, 7) is 2.72. The van der Waals surface area contributed by atoms with Crippen LogP contribution in [0, 0.1) is 11.7 Å². The smallest absolute Gasteiger partial charge is 0.241 e. The maximum Gasteiger partial charge on any atom is 0.241 e. The van der Waals surface area contributed by atoms with Crippen molar-refractivity contribution in [2.24, 2.45) is 5.92 Å². The van der Waals surface area contributed by atoms with Crippen molar-refractivity contribution in [2.45, 2.75) is 82.6 Å². The van der Waals surface area contributed by atoms with Crippen molar-refractivity contribution in [1.82, 2.24) is 14.7 Å². The molecule has 6 heteroatoms. The van der Waals surface area contributed by atoms with Gasteiger partial charge in [0.2, 0.25) is 5.91 Å². The first-order valence-electron chi connectivity index (χ1n) is 14.1. The molecule has 1 amide bonds. The van der Waals surface area contributed by atoms with Crippen molar-refractivity contribution in [3.63, 3.8) is 0 Å². The van der Waals surface area contributed by atoms with Gasteiger partial charge in [0.05, 0.1) is 7.11 Å². The fourth-order valence-electron chi connectivity index (χ4n) is 6.55. The molecule has 3 fully saturated rings. The summed E-state index contributed by atoms with van der Waals surface area (Å²) >= 11 is 0. The zero-order valence-electron chi connectivity index (χ0n) is 22.4. The normalized spacial score (nSPS) is 22.7. The van der Waals surface area contributed by atoms with Gasteiger partial charge in [-0.3, -0.25) is 9.69 Å². The van der Waals surface area contributed by atoms with Crippen molar-refractivity contribution in [3.05, 3.63) is 65.5 Å². The van der Waals surface area contributed by atoms with Crippen LogP contribution in [0.5, 0.6) is 5.75 Å². The number of rotatable bonds is 10. The molecule has 1 heterocycles. The van der Waals surface area contributed by atoms with E-state index in [9.17, 15) is 4.79 Å². The van der Waals surface area contributed by atoms with E-state index in [0.29, 0.717) is 42.4 Å².